The minimum absolute atomic E-state index is 0.274. The Labute approximate surface area is 116 Å². The number of rotatable bonds is 8. The highest BCUT2D eigenvalue weighted by molar-refractivity contribution is 5.96. The molecule has 0 aliphatic heterocycles. The second kappa shape index (κ2) is 6.85. The summed E-state index contributed by atoms with van der Waals surface area (Å²) in [6, 6.07) is 10.4. The summed E-state index contributed by atoms with van der Waals surface area (Å²) < 4.78 is 0. The summed E-state index contributed by atoms with van der Waals surface area (Å²) in [6.45, 7) is 6.59. The lowest BCUT2D eigenvalue weighted by atomic mass is 10.1. The zero-order valence-corrected chi connectivity index (χ0v) is 12.1. The topological polar surface area (TPSA) is 20.3 Å². The van der Waals surface area contributed by atoms with E-state index in [9.17, 15) is 4.79 Å². The van der Waals surface area contributed by atoms with Gasteiger partial charge in [-0.3, -0.25) is 9.69 Å². The molecule has 0 bridgehead atoms. The van der Waals surface area contributed by atoms with E-state index in [-0.39, 0.29) is 5.78 Å². The average Bonchev–Trinajstić information content (AvgIpc) is 3.23. The number of carbonyl (C=O) groups excluding carboxylic acids is 1. The Balaban J connectivity index is 1.80. The molecule has 0 unspecified atom stereocenters. The molecule has 0 radical (unpaired) electrons. The van der Waals surface area contributed by atoms with Crippen LogP contribution in [-0.4, -0.2) is 29.8 Å². The molecule has 1 aromatic rings. The molecule has 0 saturated heterocycles. The smallest absolute Gasteiger partial charge is 0.164 e. The van der Waals surface area contributed by atoms with Crippen LogP contribution in [0, 0.1) is 5.92 Å². The second-order valence-corrected chi connectivity index (χ2v) is 5.99. The van der Waals surface area contributed by atoms with Crippen LogP contribution >= 0.6 is 0 Å². The van der Waals surface area contributed by atoms with Gasteiger partial charge in [0, 0.05) is 24.6 Å². The SMILES string of the molecule is CC(C)CCN(CCC(=O)c1ccccc1)C1CC1. The first-order valence-corrected chi connectivity index (χ1v) is 7.49. The molecule has 0 atom stereocenters. The number of nitrogens with zero attached hydrogens (tertiary/aromatic N) is 1. The fraction of sp³-hybridized carbons (Fsp3) is 0.588. The summed E-state index contributed by atoms with van der Waals surface area (Å²) in [7, 11) is 0. The molecule has 19 heavy (non-hydrogen) atoms. The van der Waals surface area contributed by atoms with Crippen molar-refractivity contribution in [2.45, 2.75) is 45.6 Å². The molecule has 2 nitrogen and oxygen atoms in total. The molecule has 1 aliphatic rings. The first-order valence-electron chi connectivity index (χ1n) is 7.49. The zero-order chi connectivity index (χ0) is 13.7. The molecule has 0 heterocycles. The molecule has 0 amide bonds. The lowest BCUT2D eigenvalue weighted by molar-refractivity contribution is 0.0961. The van der Waals surface area contributed by atoms with E-state index in [0.29, 0.717) is 6.42 Å². The molecule has 0 aromatic heterocycles. The lowest BCUT2D eigenvalue weighted by Crippen LogP contribution is -2.30. The molecule has 2 heteroatoms. The highest BCUT2D eigenvalue weighted by Crippen LogP contribution is 2.27. The Morgan fingerprint density at radius 2 is 1.89 bits per heavy atom. The van der Waals surface area contributed by atoms with Crippen molar-refractivity contribution in [1.29, 1.82) is 0 Å². The van der Waals surface area contributed by atoms with E-state index in [1.54, 1.807) is 0 Å². The van der Waals surface area contributed by atoms with Gasteiger partial charge in [-0.1, -0.05) is 44.2 Å². The van der Waals surface area contributed by atoms with Crippen LogP contribution in [0.2, 0.25) is 0 Å². The molecule has 0 spiro atoms. The van der Waals surface area contributed by atoms with E-state index in [2.05, 4.69) is 18.7 Å². The molecule has 1 fully saturated rings. The van der Waals surface area contributed by atoms with Crippen LogP contribution in [0.5, 0.6) is 0 Å². The van der Waals surface area contributed by atoms with Crippen molar-refractivity contribution in [3.63, 3.8) is 0 Å². The van der Waals surface area contributed by atoms with Gasteiger partial charge >= 0.3 is 0 Å². The van der Waals surface area contributed by atoms with E-state index < -0.39 is 0 Å². The Morgan fingerprint density at radius 1 is 1.21 bits per heavy atom. The largest absolute Gasteiger partial charge is 0.300 e. The number of Topliss-reactive ketones (excluding diaryl/α,β-unsaturated/α-hetero) is 1. The Hall–Kier alpha value is -1.15. The third-order valence-electron chi connectivity index (χ3n) is 3.78. The van der Waals surface area contributed by atoms with Gasteiger partial charge in [0.05, 0.1) is 0 Å². The maximum Gasteiger partial charge on any atom is 0.164 e. The van der Waals surface area contributed by atoms with Gasteiger partial charge in [-0.25, -0.2) is 0 Å². The average molecular weight is 259 g/mol. The Morgan fingerprint density at radius 3 is 2.47 bits per heavy atom. The number of hydrogen-bond acceptors (Lipinski definition) is 2. The van der Waals surface area contributed by atoms with Gasteiger partial charge in [-0.05, 0) is 31.7 Å². The van der Waals surface area contributed by atoms with E-state index in [0.717, 1.165) is 30.6 Å². The first kappa shape index (κ1) is 14.3. The molecule has 104 valence electrons. The number of benzene rings is 1. The van der Waals surface area contributed by atoms with Crippen molar-refractivity contribution in [2.24, 2.45) is 5.92 Å². The van der Waals surface area contributed by atoms with Crippen LogP contribution in [0.15, 0.2) is 30.3 Å². The maximum absolute atomic E-state index is 12.1. The van der Waals surface area contributed by atoms with Gasteiger partial charge in [0.1, 0.15) is 0 Å². The number of carbonyl (C=O) groups is 1. The van der Waals surface area contributed by atoms with E-state index in [1.807, 2.05) is 30.3 Å². The summed E-state index contributed by atoms with van der Waals surface area (Å²) >= 11 is 0. The minimum Gasteiger partial charge on any atom is -0.300 e. The normalized spacial score (nSPS) is 15.2. The fourth-order valence-corrected chi connectivity index (χ4v) is 2.35. The molecule has 0 N–H and O–H groups in total. The molecule has 1 saturated carbocycles. The van der Waals surface area contributed by atoms with Crippen molar-refractivity contribution in [2.75, 3.05) is 13.1 Å². The third kappa shape index (κ3) is 4.79. The third-order valence-corrected chi connectivity index (χ3v) is 3.78. The van der Waals surface area contributed by atoms with Gasteiger partial charge in [-0.15, -0.1) is 0 Å². The number of ketones is 1. The number of hydrogen-bond donors (Lipinski definition) is 0. The van der Waals surface area contributed by atoms with Crippen molar-refractivity contribution < 1.29 is 4.79 Å². The van der Waals surface area contributed by atoms with Crippen LogP contribution in [0.1, 0.15) is 49.9 Å². The standard InChI is InChI=1S/C17H25NO/c1-14(2)10-12-18(16-8-9-16)13-11-17(19)15-6-4-3-5-7-15/h3-7,14,16H,8-13H2,1-2H3. The van der Waals surface area contributed by atoms with Crippen molar-refractivity contribution in [1.82, 2.24) is 4.90 Å². The summed E-state index contributed by atoms with van der Waals surface area (Å²) in [6.07, 6.45) is 4.52. The zero-order valence-electron chi connectivity index (χ0n) is 12.1. The van der Waals surface area contributed by atoms with E-state index >= 15 is 0 Å². The van der Waals surface area contributed by atoms with Crippen LogP contribution in [0.25, 0.3) is 0 Å². The van der Waals surface area contributed by atoms with E-state index in [4.69, 9.17) is 0 Å². The van der Waals surface area contributed by atoms with E-state index in [1.165, 1.54) is 19.3 Å². The predicted molar refractivity (Wildman–Crippen MR) is 79.4 cm³/mol. The summed E-state index contributed by atoms with van der Waals surface area (Å²) in [5, 5.41) is 0. The monoisotopic (exact) mass is 259 g/mol. The highest BCUT2D eigenvalue weighted by Gasteiger charge is 2.28. The van der Waals surface area contributed by atoms with Crippen molar-refractivity contribution >= 4 is 5.78 Å². The van der Waals surface area contributed by atoms with Gasteiger partial charge in [0.25, 0.3) is 0 Å². The molecular formula is C17H25NO. The first-order chi connectivity index (χ1) is 9.16. The van der Waals surface area contributed by atoms with Crippen molar-refractivity contribution in [3.05, 3.63) is 35.9 Å². The minimum atomic E-state index is 0.274. The van der Waals surface area contributed by atoms with Crippen LogP contribution < -0.4 is 0 Å². The highest BCUT2D eigenvalue weighted by atomic mass is 16.1. The lowest BCUT2D eigenvalue weighted by Gasteiger charge is -2.22. The van der Waals surface area contributed by atoms with Crippen LogP contribution in [0.4, 0.5) is 0 Å². The quantitative estimate of drug-likeness (QED) is 0.662. The maximum atomic E-state index is 12.1. The van der Waals surface area contributed by atoms with Crippen LogP contribution in [-0.2, 0) is 0 Å². The molecular weight excluding hydrogens is 234 g/mol. The van der Waals surface area contributed by atoms with Crippen LogP contribution in [0.3, 0.4) is 0 Å². The molecule has 1 aromatic carbocycles. The summed E-state index contributed by atoms with van der Waals surface area (Å²) in [5.41, 5.74) is 0.849. The summed E-state index contributed by atoms with van der Waals surface area (Å²) in [4.78, 5) is 14.6. The Bertz CT molecular complexity index is 395. The molecule has 2 rings (SSSR count). The molecule has 1 aliphatic carbocycles. The van der Waals surface area contributed by atoms with Gasteiger partial charge in [0.15, 0.2) is 5.78 Å². The fourth-order valence-electron chi connectivity index (χ4n) is 2.35. The predicted octanol–water partition coefficient (Wildman–Crippen LogP) is 3.77. The van der Waals surface area contributed by atoms with Gasteiger partial charge in [-0.2, -0.15) is 0 Å². The summed E-state index contributed by atoms with van der Waals surface area (Å²) in [5.74, 6) is 1.02. The van der Waals surface area contributed by atoms with Gasteiger partial charge < -0.3 is 0 Å². The Kier molecular flexibility index (Phi) is 5.15. The second-order valence-electron chi connectivity index (χ2n) is 5.99. The van der Waals surface area contributed by atoms with Crippen molar-refractivity contribution in [3.8, 4) is 0 Å². The van der Waals surface area contributed by atoms with Gasteiger partial charge in [0.2, 0.25) is 0 Å².